The third-order valence-corrected chi connectivity index (χ3v) is 4.47. The Morgan fingerprint density at radius 2 is 1.77 bits per heavy atom. The summed E-state index contributed by atoms with van der Waals surface area (Å²) in [5.41, 5.74) is 6.68. The first-order valence-electron chi connectivity index (χ1n) is 8.43. The molecule has 1 aromatic carbocycles. The second-order valence-electron chi connectivity index (χ2n) is 6.34. The minimum atomic E-state index is -2.18. The highest BCUT2D eigenvalue weighted by Crippen LogP contribution is 2.38. The Morgan fingerprint density at radius 3 is 2.38 bits per heavy atom. The van der Waals surface area contributed by atoms with Crippen LogP contribution in [0.25, 0.3) is 0 Å². The van der Waals surface area contributed by atoms with Gasteiger partial charge in [0.1, 0.15) is 5.75 Å². The maximum atomic E-state index is 12.0. The third kappa shape index (κ3) is 4.80. The number of hydrogen-bond acceptors (Lipinski definition) is 7. The van der Waals surface area contributed by atoms with Crippen LogP contribution in [-0.2, 0) is 19.1 Å². The van der Waals surface area contributed by atoms with Crippen LogP contribution < -0.4 is 10.5 Å². The van der Waals surface area contributed by atoms with Crippen LogP contribution in [0.3, 0.4) is 0 Å². The van der Waals surface area contributed by atoms with Gasteiger partial charge < -0.3 is 25.4 Å². The molecule has 26 heavy (non-hydrogen) atoms. The van der Waals surface area contributed by atoms with Gasteiger partial charge in [0, 0.05) is 0 Å². The number of benzene rings is 1. The summed E-state index contributed by atoms with van der Waals surface area (Å²) in [6.45, 7) is 1.06. The highest BCUT2D eigenvalue weighted by atomic mass is 16.6. The van der Waals surface area contributed by atoms with E-state index in [4.69, 9.17) is 10.5 Å². The van der Waals surface area contributed by atoms with Crippen LogP contribution in [0.15, 0.2) is 18.2 Å². The summed E-state index contributed by atoms with van der Waals surface area (Å²) in [5, 5.41) is 19.5. The van der Waals surface area contributed by atoms with Crippen molar-refractivity contribution in [3.05, 3.63) is 29.3 Å². The maximum Gasteiger partial charge on any atom is 0.343 e. The van der Waals surface area contributed by atoms with Crippen LogP contribution in [0.4, 0.5) is 0 Å². The number of rotatable bonds is 7. The Bertz CT molecular complexity index is 682. The van der Waals surface area contributed by atoms with Crippen molar-refractivity contribution in [1.29, 1.82) is 0 Å². The van der Waals surface area contributed by atoms with Crippen molar-refractivity contribution in [3.63, 3.8) is 0 Å². The zero-order chi connectivity index (χ0) is 19.3. The van der Waals surface area contributed by atoms with Gasteiger partial charge in [-0.15, -0.1) is 0 Å². The second kappa shape index (κ2) is 8.77. The fourth-order valence-electron chi connectivity index (χ4n) is 3.08. The summed E-state index contributed by atoms with van der Waals surface area (Å²) in [6, 6.07) is 5.32. The van der Waals surface area contributed by atoms with Crippen LogP contribution in [0.1, 0.15) is 42.7 Å². The lowest BCUT2D eigenvalue weighted by Crippen LogP contribution is -2.43. The first kappa shape index (κ1) is 19.9. The molecule has 1 fully saturated rings. The molecule has 142 valence electrons. The van der Waals surface area contributed by atoms with Crippen molar-refractivity contribution in [2.75, 3.05) is 6.61 Å². The molecule has 2 atom stereocenters. The molecule has 8 nitrogen and oxygen atoms in total. The minimum Gasteiger partial charge on any atom is -0.454 e. The normalized spacial score (nSPS) is 16.7. The molecular weight excluding hydrogens is 342 g/mol. The maximum absolute atomic E-state index is 12.0. The van der Waals surface area contributed by atoms with Gasteiger partial charge in [-0.05, 0) is 42.9 Å². The molecule has 1 aliphatic carbocycles. The van der Waals surface area contributed by atoms with Gasteiger partial charge in [-0.3, -0.25) is 4.79 Å². The smallest absolute Gasteiger partial charge is 0.343 e. The molecule has 0 aromatic heterocycles. The van der Waals surface area contributed by atoms with Crippen molar-refractivity contribution in [2.24, 2.45) is 5.73 Å². The number of amides is 1. The Morgan fingerprint density at radius 1 is 1.15 bits per heavy atom. The third-order valence-electron chi connectivity index (χ3n) is 4.47. The van der Waals surface area contributed by atoms with Gasteiger partial charge in [0.2, 0.25) is 0 Å². The lowest BCUT2D eigenvalue weighted by atomic mass is 9.93. The Labute approximate surface area is 150 Å². The predicted octanol–water partition coefficient (Wildman–Crippen LogP) is 0.308. The highest BCUT2D eigenvalue weighted by Gasteiger charge is 2.34. The van der Waals surface area contributed by atoms with Gasteiger partial charge in [-0.25, -0.2) is 9.59 Å². The molecule has 1 aromatic rings. The molecule has 2 unspecified atom stereocenters. The largest absolute Gasteiger partial charge is 0.454 e. The molecule has 0 aliphatic heterocycles. The first-order valence-corrected chi connectivity index (χ1v) is 8.43. The molecule has 8 heteroatoms. The van der Waals surface area contributed by atoms with Gasteiger partial charge >= 0.3 is 11.9 Å². The zero-order valence-electron chi connectivity index (χ0n) is 14.5. The van der Waals surface area contributed by atoms with Gasteiger partial charge in [0.15, 0.2) is 18.8 Å². The quantitative estimate of drug-likeness (QED) is 0.467. The number of aliphatic hydroxyl groups excluding tert-OH is 2. The van der Waals surface area contributed by atoms with E-state index >= 15 is 0 Å². The lowest BCUT2D eigenvalue weighted by Gasteiger charge is -2.18. The van der Waals surface area contributed by atoms with Crippen molar-refractivity contribution in [1.82, 2.24) is 0 Å². The first-order chi connectivity index (χ1) is 12.3. The number of primary amides is 1. The summed E-state index contributed by atoms with van der Waals surface area (Å²) in [6.07, 6.45) is 0.139. The Balaban J connectivity index is 2.03. The van der Waals surface area contributed by atoms with Crippen LogP contribution in [0.2, 0.25) is 0 Å². The minimum absolute atomic E-state index is 0.260. The van der Waals surface area contributed by atoms with Crippen LogP contribution >= 0.6 is 0 Å². The predicted molar refractivity (Wildman–Crippen MR) is 90.2 cm³/mol. The summed E-state index contributed by atoms with van der Waals surface area (Å²) < 4.78 is 9.52. The van der Waals surface area contributed by atoms with E-state index in [1.54, 1.807) is 12.1 Å². The molecule has 2 rings (SSSR count). The number of ether oxygens (including phenoxy) is 2. The van der Waals surface area contributed by atoms with Gasteiger partial charge in [-0.2, -0.15) is 0 Å². The number of nitrogens with two attached hydrogens (primary N) is 1. The van der Waals surface area contributed by atoms with Crippen molar-refractivity contribution >= 4 is 17.8 Å². The molecular formula is C18H23NO7. The average Bonchev–Trinajstić information content (AvgIpc) is 3.14. The van der Waals surface area contributed by atoms with Crippen LogP contribution in [0, 0.1) is 6.92 Å². The van der Waals surface area contributed by atoms with Gasteiger partial charge in [0.05, 0.1) is 0 Å². The van der Waals surface area contributed by atoms with Gasteiger partial charge in [-0.1, -0.05) is 25.0 Å². The summed E-state index contributed by atoms with van der Waals surface area (Å²) in [7, 11) is 0. The summed E-state index contributed by atoms with van der Waals surface area (Å²) >= 11 is 0. The van der Waals surface area contributed by atoms with Crippen molar-refractivity contribution < 1.29 is 34.1 Å². The molecule has 1 amide bonds. The highest BCUT2D eigenvalue weighted by molar-refractivity contribution is 5.87. The topological polar surface area (TPSA) is 136 Å². The Hall–Kier alpha value is -2.45. The fraction of sp³-hybridized carbons (Fsp3) is 0.500. The van der Waals surface area contributed by atoms with E-state index in [0.717, 1.165) is 36.8 Å². The van der Waals surface area contributed by atoms with Crippen LogP contribution in [0.5, 0.6) is 5.75 Å². The SMILES string of the molecule is Cc1c(OC(=O)C(O)C(O)C(=O)OCC(N)=O)cccc1C1CCCC1. The lowest BCUT2D eigenvalue weighted by molar-refractivity contribution is -0.169. The number of hydrogen-bond donors (Lipinski definition) is 3. The number of aliphatic hydroxyl groups is 2. The van der Waals surface area contributed by atoms with E-state index in [1.807, 2.05) is 13.0 Å². The van der Waals surface area contributed by atoms with Gasteiger partial charge in [0.25, 0.3) is 5.91 Å². The van der Waals surface area contributed by atoms with E-state index < -0.39 is 36.7 Å². The summed E-state index contributed by atoms with van der Waals surface area (Å²) in [4.78, 5) is 34.1. The van der Waals surface area contributed by atoms with E-state index in [2.05, 4.69) is 4.74 Å². The molecule has 1 aliphatic rings. The van der Waals surface area contributed by atoms with Crippen molar-refractivity contribution in [2.45, 2.75) is 50.7 Å². The number of esters is 2. The average molecular weight is 365 g/mol. The van der Waals surface area contributed by atoms with E-state index in [-0.39, 0.29) is 5.75 Å². The van der Waals surface area contributed by atoms with E-state index in [1.165, 1.54) is 0 Å². The second-order valence-corrected chi connectivity index (χ2v) is 6.34. The van der Waals surface area contributed by atoms with Crippen molar-refractivity contribution in [3.8, 4) is 5.75 Å². The molecule has 0 radical (unpaired) electrons. The van der Waals surface area contributed by atoms with E-state index in [9.17, 15) is 24.6 Å². The zero-order valence-corrected chi connectivity index (χ0v) is 14.5. The van der Waals surface area contributed by atoms with Crippen LogP contribution in [-0.4, -0.2) is 46.9 Å². The molecule has 0 spiro atoms. The standard InChI is InChI=1S/C18H23NO7/c1-10-12(11-5-2-3-6-11)7-4-8-13(10)26-18(24)16(22)15(21)17(23)25-9-14(19)20/h4,7-8,11,15-16,21-22H,2-3,5-6,9H2,1H3,(H2,19,20). The summed E-state index contributed by atoms with van der Waals surface area (Å²) in [5.74, 6) is -2.80. The van der Waals surface area contributed by atoms with E-state index in [0.29, 0.717) is 5.92 Å². The molecule has 0 heterocycles. The number of carbonyl (C=O) groups excluding carboxylic acids is 3. The molecule has 4 N–H and O–H groups in total. The number of carbonyl (C=O) groups is 3. The Kier molecular flexibility index (Phi) is 6.70. The molecule has 0 bridgehead atoms. The molecule has 0 saturated heterocycles. The fourth-order valence-corrected chi connectivity index (χ4v) is 3.08. The monoisotopic (exact) mass is 365 g/mol. The molecule has 1 saturated carbocycles.